The van der Waals surface area contributed by atoms with Crippen LogP contribution in [0.25, 0.3) is 17.1 Å². The topological polar surface area (TPSA) is 104 Å². The van der Waals surface area contributed by atoms with Crippen molar-refractivity contribution in [1.82, 2.24) is 25.2 Å². The van der Waals surface area contributed by atoms with E-state index < -0.39 is 0 Å². The number of ether oxygens (including phenoxy) is 2. The first-order valence-corrected chi connectivity index (χ1v) is 14.3. The lowest BCUT2D eigenvalue weighted by molar-refractivity contribution is -0.118. The summed E-state index contributed by atoms with van der Waals surface area (Å²) in [6.45, 7) is 0.374. The molecule has 0 saturated heterocycles. The normalized spacial score (nSPS) is 11.0. The van der Waals surface area contributed by atoms with E-state index in [9.17, 15) is 4.79 Å². The SMILES string of the molecule is COc1ccc(OCc2cccc(Br)c2)c(C=NNC(=O)CSc2nnc(-c3ccncc3)n2-c2ccccc2)c1. The average molecular weight is 630 g/mol. The molecule has 0 fully saturated rings. The fraction of sp³-hybridized carbons (Fsp3) is 0.100. The summed E-state index contributed by atoms with van der Waals surface area (Å²) >= 11 is 4.75. The Balaban J connectivity index is 1.26. The van der Waals surface area contributed by atoms with Gasteiger partial charge in [-0.15, -0.1) is 10.2 Å². The molecule has 2 aromatic heterocycles. The first-order valence-electron chi connectivity index (χ1n) is 12.5. The summed E-state index contributed by atoms with van der Waals surface area (Å²) in [5, 5.41) is 13.5. The molecule has 206 valence electrons. The number of hydrogen-bond donors (Lipinski definition) is 1. The van der Waals surface area contributed by atoms with Gasteiger partial charge in [-0.1, -0.05) is 58.0 Å². The van der Waals surface area contributed by atoms with Crippen molar-refractivity contribution in [1.29, 1.82) is 0 Å². The highest BCUT2D eigenvalue weighted by Gasteiger charge is 2.17. The van der Waals surface area contributed by atoms with E-state index in [1.165, 1.54) is 18.0 Å². The number of methoxy groups -OCH3 is 1. The van der Waals surface area contributed by atoms with E-state index >= 15 is 0 Å². The van der Waals surface area contributed by atoms with Gasteiger partial charge in [0, 0.05) is 33.7 Å². The smallest absolute Gasteiger partial charge is 0.250 e. The Labute approximate surface area is 249 Å². The highest BCUT2D eigenvalue weighted by molar-refractivity contribution is 9.10. The number of hydrazone groups is 1. The van der Waals surface area contributed by atoms with E-state index in [-0.39, 0.29) is 11.7 Å². The Morgan fingerprint density at radius 1 is 1.02 bits per heavy atom. The van der Waals surface area contributed by atoms with E-state index in [1.807, 2.05) is 83.4 Å². The van der Waals surface area contributed by atoms with Gasteiger partial charge in [0.05, 0.1) is 19.1 Å². The van der Waals surface area contributed by atoms with Gasteiger partial charge in [0.2, 0.25) is 0 Å². The van der Waals surface area contributed by atoms with Gasteiger partial charge in [-0.2, -0.15) is 5.10 Å². The van der Waals surface area contributed by atoms with Crippen LogP contribution in [0.5, 0.6) is 11.5 Å². The molecule has 11 heteroatoms. The first-order chi connectivity index (χ1) is 20.1. The second-order valence-corrected chi connectivity index (χ2v) is 10.5. The lowest BCUT2D eigenvalue weighted by atomic mass is 10.2. The zero-order chi connectivity index (χ0) is 28.4. The van der Waals surface area contributed by atoms with Gasteiger partial charge in [-0.05, 0) is 60.2 Å². The van der Waals surface area contributed by atoms with E-state index in [0.717, 1.165) is 21.3 Å². The van der Waals surface area contributed by atoms with Crippen molar-refractivity contribution in [3.8, 4) is 28.6 Å². The predicted molar refractivity (Wildman–Crippen MR) is 163 cm³/mol. The van der Waals surface area contributed by atoms with Gasteiger partial charge in [-0.25, -0.2) is 5.43 Å². The Morgan fingerprint density at radius 2 is 1.85 bits per heavy atom. The number of hydrogen-bond acceptors (Lipinski definition) is 8. The Morgan fingerprint density at radius 3 is 2.63 bits per heavy atom. The van der Waals surface area contributed by atoms with Crippen LogP contribution >= 0.6 is 27.7 Å². The maximum absolute atomic E-state index is 12.7. The molecule has 0 unspecified atom stereocenters. The molecule has 0 spiro atoms. The minimum absolute atomic E-state index is 0.0863. The number of nitrogens with zero attached hydrogens (tertiary/aromatic N) is 5. The second kappa shape index (κ2) is 13.7. The number of carbonyl (C=O) groups excluding carboxylic acids is 1. The van der Waals surface area contributed by atoms with Crippen molar-refractivity contribution >= 4 is 39.8 Å². The number of carbonyl (C=O) groups is 1. The molecule has 2 heterocycles. The number of halogens is 1. The van der Waals surface area contributed by atoms with Crippen LogP contribution in [-0.4, -0.2) is 44.7 Å². The summed E-state index contributed by atoms with van der Waals surface area (Å²) in [7, 11) is 1.59. The van der Waals surface area contributed by atoms with Crippen molar-refractivity contribution < 1.29 is 14.3 Å². The van der Waals surface area contributed by atoms with Gasteiger partial charge in [0.25, 0.3) is 5.91 Å². The fourth-order valence-corrected chi connectivity index (χ4v) is 5.06. The molecule has 1 N–H and O–H groups in total. The largest absolute Gasteiger partial charge is 0.497 e. The molecule has 5 aromatic rings. The third-order valence-corrected chi connectivity index (χ3v) is 7.23. The molecule has 0 radical (unpaired) electrons. The molecule has 3 aromatic carbocycles. The third kappa shape index (κ3) is 7.38. The van der Waals surface area contributed by atoms with Crippen molar-refractivity contribution in [3.63, 3.8) is 0 Å². The minimum atomic E-state index is -0.293. The average Bonchev–Trinajstić information content (AvgIpc) is 3.44. The zero-order valence-electron chi connectivity index (χ0n) is 22.0. The number of benzene rings is 3. The molecule has 0 aliphatic carbocycles. The van der Waals surface area contributed by atoms with Gasteiger partial charge in [-0.3, -0.25) is 14.3 Å². The molecule has 1 amide bonds. The van der Waals surface area contributed by atoms with Gasteiger partial charge in [0.1, 0.15) is 18.1 Å². The first kappa shape index (κ1) is 28.1. The Bertz CT molecular complexity index is 1650. The molecule has 41 heavy (non-hydrogen) atoms. The number of aromatic nitrogens is 4. The summed E-state index contributed by atoms with van der Waals surface area (Å²) in [6.07, 6.45) is 4.95. The maximum Gasteiger partial charge on any atom is 0.250 e. The number of rotatable bonds is 11. The number of amides is 1. The molecule has 0 atom stereocenters. The molecular weight excluding hydrogens is 604 g/mol. The number of para-hydroxylation sites is 1. The summed E-state index contributed by atoms with van der Waals surface area (Å²) in [6, 6.07) is 26.8. The molecular formula is C30H25BrN6O3S. The number of thioether (sulfide) groups is 1. The summed E-state index contributed by atoms with van der Waals surface area (Å²) < 4.78 is 14.3. The monoisotopic (exact) mass is 628 g/mol. The van der Waals surface area contributed by atoms with Crippen molar-refractivity contribution in [2.24, 2.45) is 5.10 Å². The number of nitrogens with one attached hydrogen (secondary N) is 1. The summed E-state index contributed by atoms with van der Waals surface area (Å²) in [5.74, 6) is 1.71. The van der Waals surface area contributed by atoms with E-state index in [2.05, 4.69) is 41.6 Å². The van der Waals surface area contributed by atoms with E-state index in [1.54, 1.807) is 25.6 Å². The third-order valence-electron chi connectivity index (χ3n) is 5.81. The molecule has 9 nitrogen and oxygen atoms in total. The van der Waals surface area contributed by atoms with Crippen LogP contribution in [0.1, 0.15) is 11.1 Å². The van der Waals surface area contributed by atoms with Gasteiger partial charge in [0.15, 0.2) is 11.0 Å². The van der Waals surface area contributed by atoms with Crippen molar-refractivity contribution in [3.05, 3.63) is 113 Å². The van der Waals surface area contributed by atoms with E-state index in [4.69, 9.17) is 9.47 Å². The molecule has 5 rings (SSSR count). The highest BCUT2D eigenvalue weighted by atomic mass is 79.9. The standard InChI is InChI=1S/C30H25BrN6O3S/c1-39-26-10-11-27(40-19-21-6-5-7-24(31)16-21)23(17-26)18-33-34-28(38)20-41-30-36-35-29(22-12-14-32-15-13-22)37(30)25-8-3-2-4-9-25/h2-18H,19-20H2,1H3,(H,34,38). The van der Waals surface area contributed by atoms with Crippen LogP contribution in [-0.2, 0) is 11.4 Å². The number of pyridine rings is 1. The lowest BCUT2D eigenvalue weighted by Gasteiger charge is -2.11. The summed E-state index contributed by atoms with van der Waals surface area (Å²) in [5.41, 5.74) is 6.02. The second-order valence-electron chi connectivity index (χ2n) is 8.62. The maximum atomic E-state index is 12.7. The highest BCUT2D eigenvalue weighted by Crippen LogP contribution is 2.28. The molecule has 0 bridgehead atoms. The van der Waals surface area contributed by atoms with Crippen LogP contribution in [0.15, 0.2) is 112 Å². The van der Waals surface area contributed by atoms with Crippen molar-refractivity contribution in [2.45, 2.75) is 11.8 Å². The van der Waals surface area contributed by atoms with E-state index in [0.29, 0.717) is 34.7 Å². The van der Waals surface area contributed by atoms with Gasteiger partial charge >= 0.3 is 0 Å². The van der Waals surface area contributed by atoms with Crippen LogP contribution < -0.4 is 14.9 Å². The Kier molecular flexibility index (Phi) is 9.40. The van der Waals surface area contributed by atoms with Gasteiger partial charge < -0.3 is 9.47 Å². The van der Waals surface area contributed by atoms with Crippen LogP contribution in [0.3, 0.4) is 0 Å². The molecule has 0 aliphatic heterocycles. The predicted octanol–water partition coefficient (Wildman–Crippen LogP) is 5.92. The molecule has 0 aliphatic rings. The van der Waals surface area contributed by atoms with Crippen LogP contribution in [0, 0.1) is 0 Å². The molecule has 0 saturated carbocycles. The van der Waals surface area contributed by atoms with Crippen LogP contribution in [0.4, 0.5) is 0 Å². The van der Waals surface area contributed by atoms with Crippen LogP contribution in [0.2, 0.25) is 0 Å². The van der Waals surface area contributed by atoms with Crippen molar-refractivity contribution in [2.75, 3.05) is 12.9 Å². The quantitative estimate of drug-likeness (QED) is 0.110. The zero-order valence-corrected chi connectivity index (χ0v) is 24.4. The summed E-state index contributed by atoms with van der Waals surface area (Å²) in [4.78, 5) is 16.8. The Hall–Kier alpha value is -4.48. The lowest BCUT2D eigenvalue weighted by Crippen LogP contribution is -2.20. The fourth-order valence-electron chi connectivity index (χ4n) is 3.87. The minimum Gasteiger partial charge on any atom is -0.497 e.